The summed E-state index contributed by atoms with van der Waals surface area (Å²) >= 11 is 0. The third-order valence-electron chi connectivity index (χ3n) is 5.28. The Labute approximate surface area is 137 Å². The molecular formula is C18H25N3O2. The van der Waals surface area contributed by atoms with Crippen LogP contribution in [0.25, 0.3) is 0 Å². The van der Waals surface area contributed by atoms with E-state index in [1.165, 1.54) is 11.1 Å². The Hall–Kier alpha value is -1.88. The summed E-state index contributed by atoms with van der Waals surface area (Å²) in [5.74, 6) is 0.0601. The lowest BCUT2D eigenvalue weighted by Crippen LogP contribution is -2.49. The maximum atomic E-state index is 12.8. The zero-order chi connectivity index (χ0) is 16.4. The smallest absolute Gasteiger partial charge is 0.234 e. The number of primary amides is 1. The van der Waals surface area contributed by atoms with E-state index in [-0.39, 0.29) is 23.8 Å². The van der Waals surface area contributed by atoms with Crippen LogP contribution in [-0.4, -0.2) is 47.3 Å². The van der Waals surface area contributed by atoms with Gasteiger partial charge in [0.15, 0.2) is 0 Å². The number of carbonyl (C=O) groups is 2. The number of nitrogens with zero attached hydrogens (tertiary/aromatic N) is 2. The lowest BCUT2D eigenvalue weighted by Gasteiger charge is -2.37. The molecule has 2 N–H and O–H groups in total. The van der Waals surface area contributed by atoms with Gasteiger partial charge in [0, 0.05) is 19.0 Å². The molecule has 1 fully saturated rings. The first-order valence-electron chi connectivity index (χ1n) is 8.45. The molecule has 1 aromatic carbocycles. The third kappa shape index (κ3) is 3.39. The topological polar surface area (TPSA) is 66.6 Å². The maximum Gasteiger partial charge on any atom is 0.234 e. The standard InChI is InChI=1S/C18H25N3O2/c1-13(17(19)22)20-9-7-15(8-10-20)18(23)21-11-6-14-4-2-3-5-16(14)12-21/h2-5,13,15H,6-12H2,1H3,(H2,19,22)/t13-/m0/s1. The average molecular weight is 315 g/mol. The van der Waals surface area contributed by atoms with E-state index in [1.807, 2.05) is 17.9 Å². The van der Waals surface area contributed by atoms with Crippen LogP contribution < -0.4 is 5.73 Å². The largest absolute Gasteiger partial charge is 0.368 e. The number of hydrogen-bond acceptors (Lipinski definition) is 3. The Morgan fingerprint density at radius 2 is 1.78 bits per heavy atom. The Kier molecular flexibility index (Phi) is 4.66. The fraction of sp³-hybridized carbons (Fsp3) is 0.556. The summed E-state index contributed by atoms with van der Waals surface area (Å²) in [6, 6.07) is 8.13. The first kappa shape index (κ1) is 16.0. The molecule has 2 amide bonds. The van der Waals surface area contributed by atoms with E-state index in [9.17, 15) is 9.59 Å². The zero-order valence-electron chi connectivity index (χ0n) is 13.7. The van der Waals surface area contributed by atoms with Crippen LogP contribution in [0.3, 0.4) is 0 Å². The number of benzene rings is 1. The summed E-state index contributed by atoms with van der Waals surface area (Å²) in [5, 5.41) is 0. The van der Waals surface area contributed by atoms with Crippen molar-refractivity contribution in [3.63, 3.8) is 0 Å². The molecular weight excluding hydrogens is 290 g/mol. The van der Waals surface area contributed by atoms with Crippen molar-refractivity contribution in [1.82, 2.24) is 9.80 Å². The molecule has 0 saturated carbocycles. The van der Waals surface area contributed by atoms with Gasteiger partial charge in [0.05, 0.1) is 6.04 Å². The third-order valence-corrected chi connectivity index (χ3v) is 5.28. The van der Waals surface area contributed by atoms with Crippen molar-refractivity contribution >= 4 is 11.8 Å². The van der Waals surface area contributed by atoms with Gasteiger partial charge in [-0.3, -0.25) is 14.5 Å². The van der Waals surface area contributed by atoms with Gasteiger partial charge in [0.1, 0.15) is 0 Å². The van der Waals surface area contributed by atoms with Crippen LogP contribution in [0.15, 0.2) is 24.3 Å². The van der Waals surface area contributed by atoms with Gasteiger partial charge in [-0.2, -0.15) is 0 Å². The van der Waals surface area contributed by atoms with Crippen LogP contribution in [-0.2, 0) is 22.6 Å². The number of piperidine rings is 1. The molecule has 124 valence electrons. The predicted octanol–water partition coefficient (Wildman–Crippen LogP) is 1.16. The summed E-state index contributed by atoms with van der Waals surface area (Å²) in [4.78, 5) is 28.2. The highest BCUT2D eigenvalue weighted by atomic mass is 16.2. The van der Waals surface area contributed by atoms with Gasteiger partial charge in [0.25, 0.3) is 0 Å². The predicted molar refractivity (Wildman–Crippen MR) is 88.5 cm³/mol. The van der Waals surface area contributed by atoms with Crippen LogP contribution in [0.2, 0.25) is 0 Å². The molecule has 5 heteroatoms. The number of carbonyl (C=O) groups excluding carboxylic acids is 2. The van der Waals surface area contributed by atoms with Gasteiger partial charge < -0.3 is 10.6 Å². The molecule has 0 unspecified atom stereocenters. The van der Waals surface area contributed by atoms with E-state index in [2.05, 4.69) is 23.1 Å². The van der Waals surface area contributed by atoms with Gasteiger partial charge in [-0.05, 0) is 50.4 Å². The normalized spacial score (nSPS) is 20.8. The van der Waals surface area contributed by atoms with E-state index < -0.39 is 0 Å². The lowest BCUT2D eigenvalue weighted by molar-refractivity contribution is -0.138. The second-order valence-electron chi connectivity index (χ2n) is 6.67. The second-order valence-corrected chi connectivity index (χ2v) is 6.67. The molecule has 5 nitrogen and oxygen atoms in total. The zero-order valence-corrected chi connectivity index (χ0v) is 13.7. The number of likely N-dealkylation sites (tertiary alicyclic amines) is 1. The van der Waals surface area contributed by atoms with Crippen molar-refractivity contribution in [1.29, 1.82) is 0 Å². The van der Waals surface area contributed by atoms with Crippen molar-refractivity contribution in [2.24, 2.45) is 11.7 Å². The van der Waals surface area contributed by atoms with Gasteiger partial charge >= 0.3 is 0 Å². The lowest BCUT2D eigenvalue weighted by atomic mass is 9.92. The first-order chi connectivity index (χ1) is 11.1. The van der Waals surface area contributed by atoms with Gasteiger partial charge in [-0.15, -0.1) is 0 Å². The van der Waals surface area contributed by atoms with E-state index in [0.29, 0.717) is 0 Å². The fourth-order valence-corrected chi connectivity index (χ4v) is 3.66. The molecule has 0 spiro atoms. The van der Waals surface area contributed by atoms with Gasteiger partial charge in [0.2, 0.25) is 11.8 Å². The molecule has 3 rings (SSSR count). The van der Waals surface area contributed by atoms with Crippen molar-refractivity contribution < 1.29 is 9.59 Å². The number of hydrogen-bond donors (Lipinski definition) is 1. The molecule has 0 bridgehead atoms. The van der Waals surface area contributed by atoms with Crippen LogP contribution >= 0.6 is 0 Å². The molecule has 1 atom stereocenters. The summed E-state index contributed by atoms with van der Waals surface area (Å²) in [5.41, 5.74) is 8.00. The van der Waals surface area contributed by atoms with E-state index in [1.54, 1.807) is 0 Å². The highest BCUT2D eigenvalue weighted by Crippen LogP contribution is 2.25. The highest BCUT2D eigenvalue weighted by Gasteiger charge is 2.32. The SMILES string of the molecule is C[C@@H](C(N)=O)N1CCC(C(=O)N2CCc3ccccc3C2)CC1. The molecule has 2 aliphatic rings. The van der Waals surface area contributed by atoms with E-state index >= 15 is 0 Å². The summed E-state index contributed by atoms with van der Waals surface area (Å²) in [6.45, 7) is 4.92. The average Bonchev–Trinajstić information content (AvgIpc) is 2.60. The van der Waals surface area contributed by atoms with Crippen LogP contribution in [0, 0.1) is 5.92 Å². The minimum absolute atomic E-state index is 0.0802. The molecule has 1 aromatic rings. The minimum atomic E-state index is -0.289. The molecule has 1 saturated heterocycles. The molecule has 0 aromatic heterocycles. The molecule has 0 radical (unpaired) electrons. The van der Waals surface area contributed by atoms with Crippen molar-refractivity contribution in [2.45, 2.75) is 38.8 Å². The second kappa shape index (κ2) is 6.71. The quantitative estimate of drug-likeness (QED) is 0.910. The number of amides is 2. The summed E-state index contributed by atoms with van der Waals surface area (Å²) < 4.78 is 0. The number of rotatable bonds is 3. The van der Waals surface area contributed by atoms with Crippen LogP contribution in [0.1, 0.15) is 30.9 Å². The van der Waals surface area contributed by atoms with Gasteiger partial charge in [-0.1, -0.05) is 24.3 Å². The molecule has 2 aliphatic heterocycles. The Bertz CT molecular complexity index is 594. The van der Waals surface area contributed by atoms with Crippen LogP contribution in [0.4, 0.5) is 0 Å². The molecule has 23 heavy (non-hydrogen) atoms. The van der Waals surface area contributed by atoms with Crippen molar-refractivity contribution in [3.8, 4) is 0 Å². The maximum absolute atomic E-state index is 12.8. The van der Waals surface area contributed by atoms with Crippen molar-refractivity contribution in [2.75, 3.05) is 19.6 Å². The first-order valence-corrected chi connectivity index (χ1v) is 8.45. The number of nitrogens with two attached hydrogens (primary N) is 1. The summed E-state index contributed by atoms with van der Waals surface area (Å²) in [7, 11) is 0. The van der Waals surface area contributed by atoms with Gasteiger partial charge in [-0.25, -0.2) is 0 Å². The molecule has 2 heterocycles. The highest BCUT2D eigenvalue weighted by molar-refractivity contribution is 5.80. The van der Waals surface area contributed by atoms with Crippen molar-refractivity contribution in [3.05, 3.63) is 35.4 Å². The summed E-state index contributed by atoms with van der Waals surface area (Å²) in [6.07, 6.45) is 2.57. The Balaban J connectivity index is 1.57. The Morgan fingerprint density at radius 3 is 2.43 bits per heavy atom. The van der Waals surface area contributed by atoms with E-state index in [0.717, 1.165) is 45.4 Å². The minimum Gasteiger partial charge on any atom is -0.368 e. The van der Waals surface area contributed by atoms with E-state index in [4.69, 9.17) is 5.73 Å². The molecule has 0 aliphatic carbocycles. The fourth-order valence-electron chi connectivity index (χ4n) is 3.66. The monoisotopic (exact) mass is 315 g/mol. The Morgan fingerprint density at radius 1 is 1.13 bits per heavy atom. The van der Waals surface area contributed by atoms with Crippen LogP contribution in [0.5, 0.6) is 0 Å². The number of fused-ring (bicyclic) bond motifs is 1.